The number of hydrogen-bond donors (Lipinski definition) is 2. The van der Waals surface area contributed by atoms with Crippen LogP contribution in [-0.2, 0) is 16.0 Å². The lowest BCUT2D eigenvalue weighted by molar-refractivity contribution is -0.385. The summed E-state index contributed by atoms with van der Waals surface area (Å²) in [6, 6.07) is 4.92. The molecule has 0 atom stereocenters. The van der Waals surface area contributed by atoms with Crippen molar-refractivity contribution in [3.05, 3.63) is 39.9 Å². The van der Waals surface area contributed by atoms with Gasteiger partial charge in [-0.15, -0.1) is 0 Å². The number of urea groups is 1. The van der Waals surface area contributed by atoms with E-state index in [0.717, 1.165) is 0 Å². The van der Waals surface area contributed by atoms with Gasteiger partial charge < -0.3 is 10.5 Å². The summed E-state index contributed by atoms with van der Waals surface area (Å²) in [7, 11) is 0. The molecule has 0 aliphatic rings. The van der Waals surface area contributed by atoms with Gasteiger partial charge in [-0.25, -0.2) is 15.0 Å². The summed E-state index contributed by atoms with van der Waals surface area (Å²) in [6.45, 7) is 1.70. The number of nitro benzene ring substituents is 1. The fourth-order valence-corrected chi connectivity index (χ4v) is 1.51. The highest BCUT2D eigenvalue weighted by molar-refractivity contribution is 6.37. The van der Waals surface area contributed by atoms with Crippen molar-refractivity contribution in [3.63, 3.8) is 0 Å². The molecule has 0 saturated carbocycles. The van der Waals surface area contributed by atoms with Crippen LogP contribution in [0.15, 0.2) is 29.4 Å². The first-order chi connectivity index (χ1) is 9.95. The van der Waals surface area contributed by atoms with E-state index in [1.165, 1.54) is 18.2 Å². The van der Waals surface area contributed by atoms with Crippen LogP contribution in [0.4, 0.5) is 10.5 Å². The average Bonchev–Trinajstić information content (AvgIpc) is 2.43. The summed E-state index contributed by atoms with van der Waals surface area (Å²) in [4.78, 5) is 32.7. The molecule has 9 heteroatoms. The molecule has 0 aliphatic heterocycles. The van der Waals surface area contributed by atoms with E-state index in [0.29, 0.717) is 0 Å². The van der Waals surface area contributed by atoms with Crippen molar-refractivity contribution in [2.45, 2.75) is 13.3 Å². The molecule has 0 bridgehead atoms. The van der Waals surface area contributed by atoms with Gasteiger partial charge in [0, 0.05) is 18.1 Å². The minimum absolute atomic E-state index is 0.102. The van der Waals surface area contributed by atoms with Gasteiger partial charge in [0.25, 0.3) is 5.69 Å². The molecule has 9 nitrogen and oxygen atoms in total. The minimum atomic E-state index is -0.959. The third-order valence-corrected chi connectivity index (χ3v) is 2.36. The number of nitrogens with one attached hydrogen (secondary N) is 1. The minimum Gasteiger partial charge on any atom is -0.461 e. The molecule has 0 saturated heterocycles. The number of hydrogen-bond acceptors (Lipinski definition) is 6. The normalized spacial score (nSPS) is 10.8. The van der Waals surface area contributed by atoms with Crippen molar-refractivity contribution in [3.8, 4) is 0 Å². The predicted octanol–water partition coefficient (Wildman–Crippen LogP) is 0.725. The number of para-hydroxylation sites is 1. The van der Waals surface area contributed by atoms with Crippen LogP contribution in [0.5, 0.6) is 0 Å². The highest BCUT2D eigenvalue weighted by Gasteiger charge is 2.20. The second-order valence-electron chi connectivity index (χ2n) is 3.82. The van der Waals surface area contributed by atoms with Crippen molar-refractivity contribution < 1.29 is 19.2 Å². The van der Waals surface area contributed by atoms with Gasteiger partial charge in [0.2, 0.25) is 0 Å². The van der Waals surface area contributed by atoms with E-state index in [9.17, 15) is 19.7 Å². The molecule has 0 unspecified atom stereocenters. The molecule has 0 fully saturated rings. The monoisotopic (exact) mass is 294 g/mol. The van der Waals surface area contributed by atoms with Gasteiger partial charge in [-0.2, -0.15) is 5.10 Å². The number of ether oxygens (including phenoxy) is 1. The average molecular weight is 294 g/mol. The summed E-state index contributed by atoms with van der Waals surface area (Å²) in [5.74, 6) is -0.788. The molecule has 2 amide bonds. The highest BCUT2D eigenvalue weighted by atomic mass is 16.6. The van der Waals surface area contributed by atoms with Crippen LogP contribution in [0.25, 0.3) is 0 Å². The molecule has 1 rings (SSSR count). The molecule has 0 spiro atoms. The van der Waals surface area contributed by atoms with Gasteiger partial charge in [-0.1, -0.05) is 18.2 Å². The number of nitro groups is 1. The molecule has 0 aromatic heterocycles. The molecular weight excluding hydrogens is 280 g/mol. The lowest BCUT2D eigenvalue weighted by Crippen LogP contribution is -2.29. The lowest BCUT2D eigenvalue weighted by atomic mass is 10.1. The maximum atomic E-state index is 11.7. The van der Waals surface area contributed by atoms with Crippen molar-refractivity contribution in [1.82, 2.24) is 5.43 Å². The van der Waals surface area contributed by atoms with Crippen LogP contribution < -0.4 is 11.2 Å². The third-order valence-electron chi connectivity index (χ3n) is 2.36. The van der Waals surface area contributed by atoms with Crippen LogP contribution in [0.1, 0.15) is 12.5 Å². The number of carbonyl (C=O) groups excluding carboxylic acids is 2. The summed E-state index contributed by atoms with van der Waals surface area (Å²) in [5, 5.41) is 14.5. The maximum Gasteiger partial charge on any atom is 0.354 e. The van der Waals surface area contributed by atoms with Gasteiger partial charge in [0.15, 0.2) is 5.71 Å². The zero-order valence-electron chi connectivity index (χ0n) is 11.2. The Labute approximate surface area is 119 Å². The quantitative estimate of drug-likeness (QED) is 0.345. The van der Waals surface area contributed by atoms with E-state index in [1.54, 1.807) is 13.0 Å². The number of rotatable bonds is 6. The van der Waals surface area contributed by atoms with Gasteiger partial charge >= 0.3 is 12.0 Å². The predicted molar refractivity (Wildman–Crippen MR) is 73.6 cm³/mol. The molecular formula is C12H14N4O5. The second-order valence-corrected chi connectivity index (χ2v) is 3.82. The van der Waals surface area contributed by atoms with Crippen LogP contribution in [0.2, 0.25) is 0 Å². The Bertz CT molecular complexity index is 585. The number of hydrazone groups is 1. The first kappa shape index (κ1) is 16.1. The summed E-state index contributed by atoms with van der Waals surface area (Å²) < 4.78 is 4.78. The fourth-order valence-electron chi connectivity index (χ4n) is 1.51. The number of benzene rings is 1. The number of carbonyl (C=O) groups is 2. The van der Waals surface area contributed by atoms with E-state index >= 15 is 0 Å². The smallest absolute Gasteiger partial charge is 0.354 e. The highest BCUT2D eigenvalue weighted by Crippen LogP contribution is 2.18. The van der Waals surface area contributed by atoms with Gasteiger partial charge in [-0.3, -0.25) is 10.1 Å². The molecule has 0 radical (unpaired) electrons. The summed E-state index contributed by atoms with van der Waals surface area (Å²) >= 11 is 0. The molecule has 1 aromatic carbocycles. The van der Waals surface area contributed by atoms with Crippen molar-refractivity contribution >= 4 is 23.4 Å². The number of amides is 2. The fraction of sp³-hybridized carbons (Fsp3) is 0.250. The molecule has 0 heterocycles. The second kappa shape index (κ2) is 7.58. The van der Waals surface area contributed by atoms with E-state index in [1.807, 2.05) is 5.43 Å². The summed E-state index contributed by atoms with van der Waals surface area (Å²) in [6.07, 6.45) is -0.170. The molecule has 21 heavy (non-hydrogen) atoms. The van der Waals surface area contributed by atoms with Crippen molar-refractivity contribution in [2.75, 3.05) is 6.61 Å². The molecule has 112 valence electrons. The Kier molecular flexibility index (Phi) is 5.80. The number of primary amides is 1. The molecule has 1 aromatic rings. The number of nitrogens with zero attached hydrogens (tertiary/aromatic N) is 2. The Morgan fingerprint density at radius 2 is 2.10 bits per heavy atom. The topological polar surface area (TPSA) is 137 Å². The number of nitrogens with two attached hydrogens (primary N) is 1. The lowest BCUT2D eigenvalue weighted by Gasteiger charge is -2.06. The van der Waals surface area contributed by atoms with Gasteiger partial charge in [0.05, 0.1) is 11.5 Å². The van der Waals surface area contributed by atoms with Crippen LogP contribution >= 0.6 is 0 Å². The zero-order valence-corrected chi connectivity index (χ0v) is 11.2. The zero-order chi connectivity index (χ0) is 15.8. The van der Waals surface area contributed by atoms with Crippen LogP contribution in [0.3, 0.4) is 0 Å². The van der Waals surface area contributed by atoms with Crippen molar-refractivity contribution in [2.24, 2.45) is 10.8 Å². The Hall–Kier alpha value is -2.97. The first-order valence-electron chi connectivity index (χ1n) is 5.97. The van der Waals surface area contributed by atoms with E-state index in [4.69, 9.17) is 10.5 Å². The number of esters is 1. The summed E-state index contributed by atoms with van der Waals surface area (Å²) in [5.41, 5.74) is 6.69. The largest absolute Gasteiger partial charge is 0.461 e. The standard InChI is InChI=1S/C12H14N4O5/c1-2-21-11(17)9(14-15-12(13)18)7-8-5-3-4-6-10(8)16(19)20/h3-6H,2,7H2,1H3,(H3,13,15,18)/b14-9-. The molecule has 0 aliphatic carbocycles. The van der Waals surface area contributed by atoms with Crippen molar-refractivity contribution in [1.29, 1.82) is 0 Å². The van der Waals surface area contributed by atoms with Gasteiger partial charge in [0.1, 0.15) is 0 Å². The van der Waals surface area contributed by atoms with E-state index in [-0.39, 0.29) is 30.0 Å². The Balaban J connectivity index is 3.06. The van der Waals surface area contributed by atoms with Crippen LogP contribution in [0, 0.1) is 10.1 Å². The van der Waals surface area contributed by atoms with E-state index in [2.05, 4.69) is 5.10 Å². The SMILES string of the molecule is CCOC(=O)/C(Cc1ccccc1[N+](=O)[O-])=N\NC(N)=O. The van der Waals surface area contributed by atoms with Gasteiger partial charge in [-0.05, 0) is 6.92 Å². The molecule has 3 N–H and O–H groups in total. The van der Waals surface area contributed by atoms with E-state index < -0.39 is 16.9 Å². The van der Waals surface area contributed by atoms with Crippen LogP contribution in [-0.4, -0.2) is 29.2 Å². The Morgan fingerprint density at radius 1 is 1.43 bits per heavy atom. The first-order valence-corrected chi connectivity index (χ1v) is 5.97. The maximum absolute atomic E-state index is 11.7. The third kappa shape index (κ3) is 4.90. The Morgan fingerprint density at radius 3 is 2.67 bits per heavy atom.